The number of aromatic nitrogens is 1. The zero-order valence-corrected chi connectivity index (χ0v) is 21.1. The third-order valence-corrected chi connectivity index (χ3v) is 8.80. The molecule has 188 valence electrons. The van der Waals surface area contributed by atoms with Crippen molar-refractivity contribution in [3.63, 3.8) is 0 Å². The Morgan fingerprint density at radius 1 is 1.09 bits per heavy atom. The third-order valence-electron chi connectivity index (χ3n) is 6.76. The van der Waals surface area contributed by atoms with E-state index in [-0.39, 0.29) is 11.9 Å². The van der Waals surface area contributed by atoms with E-state index in [1.54, 1.807) is 40.8 Å². The summed E-state index contributed by atoms with van der Waals surface area (Å²) in [5.74, 6) is 0.632. The van der Waals surface area contributed by atoms with Crippen molar-refractivity contribution in [2.45, 2.75) is 44.8 Å². The number of pyridine rings is 1. The summed E-state index contributed by atoms with van der Waals surface area (Å²) in [6.07, 6.45) is 12.0. The van der Waals surface area contributed by atoms with Gasteiger partial charge in [0.1, 0.15) is 12.4 Å². The Morgan fingerprint density at radius 3 is 2.46 bits per heavy atom. The summed E-state index contributed by atoms with van der Waals surface area (Å²) in [5, 5.41) is 0. The molecule has 2 aliphatic rings. The molecule has 2 aromatic rings. The average molecular weight is 499 g/mol. The Labute approximate surface area is 208 Å². The smallest absolute Gasteiger partial charge is 0.282 e. The fourth-order valence-corrected chi connectivity index (χ4v) is 6.13. The Morgan fingerprint density at radius 2 is 1.80 bits per heavy atom. The molecule has 0 bridgehead atoms. The minimum Gasteiger partial charge on any atom is -0.489 e. The van der Waals surface area contributed by atoms with E-state index in [1.165, 1.54) is 10.7 Å². The van der Waals surface area contributed by atoms with E-state index in [1.807, 2.05) is 36.4 Å². The van der Waals surface area contributed by atoms with Gasteiger partial charge in [-0.25, -0.2) is 0 Å². The normalized spacial score (nSPS) is 18.3. The van der Waals surface area contributed by atoms with Crippen LogP contribution in [-0.2, 0) is 21.6 Å². The molecule has 2 fully saturated rings. The molecule has 1 aromatic heterocycles. The number of amides is 1. The van der Waals surface area contributed by atoms with Crippen LogP contribution in [0.3, 0.4) is 0 Å². The summed E-state index contributed by atoms with van der Waals surface area (Å²) in [4.78, 5) is 18.4. The second-order valence-electron chi connectivity index (χ2n) is 9.09. The summed E-state index contributed by atoms with van der Waals surface area (Å²) in [6, 6.07) is 11.4. The number of hydrogen-bond donors (Lipinski definition) is 0. The zero-order valence-electron chi connectivity index (χ0n) is 20.3. The van der Waals surface area contributed by atoms with Gasteiger partial charge in [-0.1, -0.05) is 37.5 Å². The molecule has 35 heavy (non-hydrogen) atoms. The first kappa shape index (κ1) is 25.3. The highest BCUT2D eigenvalue weighted by atomic mass is 32.2. The molecule has 8 nitrogen and oxygen atoms in total. The number of nitrogens with zero attached hydrogens (tertiary/aromatic N) is 4. The van der Waals surface area contributed by atoms with Crippen LogP contribution in [0.5, 0.6) is 5.75 Å². The van der Waals surface area contributed by atoms with Gasteiger partial charge in [-0.2, -0.15) is 17.0 Å². The zero-order chi connectivity index (χ0) is 24.7. The van der Waals surface area contributed by atoms with Crippen LogP contribution in [0, 0.1) is 0 Å². The number of benzene rings is 1. The van der Waals surface area contributed by atoms with Crippen molar-refractivity contribution in [2.24, 2.45) is 0 Å². The van der Waals surface area contributed by atoms with Gasteiger partial charge in [0.25, 0.3) is 10.2 Å². The van der Waals surface area contributed by atoms with Crippen molar-refractivity contribution in [3.8, 4) is 5.75 Å². The van der Waals surface area contributed by atoms with Crippen LogP contribution in [-0.4, -0.2) is 72.1 Å². The lowest BCUT2D eigenvalue weighted by molar-refractivity contribution is -0.127. The summed E-state index contributed by atoms with van der Waals surface area (Å²) in [7, 11) is -1.80. The number of rotatable bonds is 8. The Kier molecular flexibility index (Phi) is 8.54. The third kappa shape index (κ3) is 6.68. The average Bonchev–Trinajstić information content (AvgIpc) is 2.92. The molecule has 0 radical (unpaired) electrons. The quantitative estimate of drug-likeness (QED) is 0.522. The van der Waals surface area contributed by atoms with Crippen molar-refractivity contribution in [1.82, 2.24) is 18.5 Å². The predicted octanol–water partition coefficient (Wildman–Crippen LogP) is 3.33. The summed E-state index contributed by atoms with van der Waals surface area (Å²) in [5.41, 5.74) is 1.89. The predicted molar refractivity (Wildman–Crippen MR) is 136 cm³/mol. The largest absolute Gasteiger partial charge is 0.489 e. The van der Waals surface area contributed by atoms with Gasteiger partial charge in [-0.15, -0.1) is 0 Å². The highest BCUT2D eigenvalue weighted by molar-refractivity contribution is 7.86. The van der Waals surface area contributed by atoms with Gasteiger partial charge >= 0.3 is 0 Å². The standard InChI is InChI=1S/C26H34N4O4S/c1-28(24-7-3-2-4-8-24)35(32,33)30-18-16-29(17-19-30)26(31)14-11-22-9-12-25(13-10-22)34-21-23-6-5-15-27-20-23/h5-6,9-15,20,24H,2-4,7-8,16-19,21H2,1H3/b14-11+. The Hall–Kier alpha value is -2.75. The molecule has 1 aliphatic heterocycles. The summed E-state index contributed by atoms with van der Waals surface area (Å²) in [6.45, 7) is 1.87. The summed E-state index contributed by atoms with van der Waals surface area (Å²) >= 11 is 0. The first-order chi connectivity index (χ1) is 16.9. The van der Waals surface area contributed by atoms with Gasteiger partial charge in [0.05, 0.1) is 0 Å². The number of ether oxygens (including phenoxy) is 1. The number of carbonyl (C=O) groups is 1. The fourth-order valence-electron chi connectivity index (χ4n) is 4.55. The second kappa shape index (κ2) is 11.8. The van der Waals surface area contributed by atoms with Crippen molar-refractivity contribution < 1.29 is 17.9 Å². The minimum absolute atomic E-state index is 0.0866. The van der Waals surface area contributed by atoms with Crippen LogP contribution < -0.4 is 4.74 Å². The lowest BCUT2D eigenvalue weighted by atomic mass is 9.96. The van der Waals surface area contributed by atoms with Crippen molar-refractivity contribution >= 4 is 22.2 Å². The highest BCUT2D eigenvalue weighted by Gasteiger charge is 2.35. The van der Waals surface area contributed by atoms with Gasteiger partial charge in [0, 0.05) is 63.3 Å². The van der Waals surface area contributed by atoms with Crippen LogP contribution in [0.1, 0.15) is 43.2 Å². The molecule has 2 heterocycles. The van der Waals surface area contributed by atoms with Crippen LogP contribution >= 0.6 is 0 Å². The van der Waals surface area contributed by atoms with Crippen molar-refractivity contribution in [1.29, 1.82) is 0 Å². The number of piperazine rings is 1. The molecular weight excluding hydrogens is 464 g/mol. The van der Waals surface area contributed by atoms with E-state index in [4.69, 9.17) is 4.74 Å². The van der Waals surface area contributed by atoms with Gasteiger partial charge in [-0.05, 0) is 42.7 Å². The number of hydrogen-bond acceptors (Lipinski definition) is 5. The highest BCUT2D eigenvalue weighted by Crippen LogP contribution is 2.25. The van der Waals surface area contributed by atoms with E-state index in [2.05, 4.69) is 4.98 Å². The van der Waals surface area contributed by atoms with E-state index in [0.717, 1.165) is 42.6 Å². The Bertz CT molecular complexity index is 1090. The topological polar surface area (TPSA) is 83.1 Å². The van der Waals surface area contributed by atoms with Crippen molar-refractivity contribution in [3.05, 3.63) is 66.0 Å². The molecule has 1 aliphatic carbocycles. The van der Waals surface area contributed by atoms with Crippen LogP contribution in [0.15, 0.2) is 54.9 Å². The molecular formula is C26H34N4O4S. The second-order valence-corrected chi connectivity index (χ2v) is 11.1. The lowest BCUT2D eigenvalue weighted by Crippen LogP contribution is -2.55. The van der Waals surface area contributed by atoms with Crippen LogP contribution in [0.4, 0.5) is 0 Å². The van der Waals surface area contributed by atoms with Gasteiger partial charge in [0.2, 0.25) is 5.91 Å². The van der Waals surface area contributed by atoms with Crippen LogP contribution in [0.25, 0.3) is 6.08 Å². The molecule has 1 aromatic carbocycles. The molecule has 0 N–H and O–H groups in total. The molecule has 1 saturated heterocycles. The van der Waals surface area contributed by atoms with Gasteiger partial charge in [0.15, 0.2) is 0 Å². The van der Waals surface area contributed by atoms with E-state index >= 15 is 0 Å². The maximum absolute atomic E-state index is 13.0. The molecule has 1 amide bonds. The minimum atomic E-state index is -3.50. The first-order valence-electron chi connectivity index (χ1n) is 12.3. The first-order valence-corrected chi connectivity index (χ1v) is 13.6. The van der Waals surface area contributed by atoms with Crippen LogP contribution in [0.2, 0.25) is 0 Å². The molecule has 0 spiro atoms. The fraction of sp³-hybridized carbons (Fsp3) is 0.462. The van der Waals surface area contributed by atoms with E-state index in [0.29, 0.717) is 32.8 Å². The SMILES string of the molecule is CN(C1CCCCC1)S(=O)(=O)N1CCN(C(=O)/C=C/c2ccc(OCc3cccnc3)cc2)CC1. The molecule has 0 atom stereocenters. The molecule has 1 saturated carbocycles. The molecule has 4 rings (SSSR count). The monoisotopic (exact) mass is 498 g/mol. The maximum Gasteiger partial charge on any atom is 0.282 e. The lowest BCUT2D eigenvalue weighted by Gasteiger charge is -2.38. The number of carbonyl (C=O) groups excluding carboxylic acids is 1. The van der Waals surface area contributed by atoms with Gasteiger partial charge < -0.3 is 9.64 Å². The molecule has 0 unspecified atom stereocenters. The van der Waals surface area contributed by atoms with Crippen molar-refractivity contribution in [2.75, 3.05) is 33.2 Å². The Balaban J connectivity index is 1.25. The van der Waals surface area contributed by atoms with E-state index < -0.39 is 10.2 Å². The maximum atomic E-state index is 13.0. The molecule has 9 heteroatoms. The van der Waals surface area contributed by atoms with E-state index in [9.17, 15) is 13.2 Å². The summed E-state index contributed by atoms with van der Waals surface area (Å²) < 4.78 is 34.9. The van der Waals surface area contributed by atoms with Gasteiger partial charge in [-0.3, -0.25) is 9.78 Å².